The van der Waals surface area contributed by atoms with Gasteiger partial charge in [-0.25, -0.2) is 13.2 Å². The first-order valence-electron chi connectivity index (χ1n) is 4.06. The highest BCUT2D eigenvalue weighted by atomic mass is 19.4. The average molecular weight is 240 g/mol. The highest BCUT2D eigenvalue weighted by Gasteiger charge is 2.37. The van der Waals surface area contributed by atoms with Gasteiger partial charge in [-0.1, -0.05) is 6.58 Å². The van der Waals surface area contributed by atoms with Crippen LogP contribution in [0.25, 0.3) is 5.57 Å². The molecule has 0 nitrogen and oxygen atoms in total. The maximum Gasteiger partial charge on any atom is 0.416 e. The summed E-state index contributed by atoms with van der Waals surface area (Å²) >= 11 is 0. The fourth-order valence-corrected chi connectivity index (χ4v) is 1.14. The predicted molar refractivity (Wildman–Crippen MR) is 46.1 cm³/mol. The lowest BCUT2D eigenvalue weighted by atomic mass is 10.0. The summed E-state index contributed by atoms with van der Waals surface area (Å²) < 4.78 is 75.7. The molecular weight excluding hydrogens is 234 g/mol. The van der Waals surface area contributed by atoms with E-state index in [1.807, 2.05) is 0 Å². The van der Waals surface area contributed by atoms with Gasteiger partial charge in [-0.3, -0.25) is 0 Å². The summed E-state index contributed by atoms with van der Waals surface area (Å²) in [6, 6.07) is 0.484. The molecule has 0 unspecified atom stereocenters. The van der Waals surface area contributed by atoms with Crippen LogP contribution in [-0.2, 0) is 0 Å². The second-order valence-corrected chi connectivity index (χ2v) is 3.15. The first-order valence-corrected chi connectivity index (χ1v) is 4.06. The Morgan fingerprint density at radius 2 is 1.62 bits per heavy atom. The van der Waals surface area contributed by atoms with Crippen LogP contribution >= 0.6 is 0 Å². The number of aryl methyl sites for hydroxylation is 1. The van der Waals surface area contributed by atoms with Gasteiger partial charge in [0.1, 0.15) is 5.82 Å². The molecule has 0 aromatic heterocycles. The van der Waals surface area contributed by atoms with Crippen LogP contribution in [0.2, 0.25) is 0 Å². The lowest BCUT2D eigenvalue weighted by Gasteiger charge is -2.13. The first kappa shape index (κ1) is 12.6. The topological polar surface area (TPSA) is 0 Å². The van der Waals surface area contributed by atoms with Crippen LogP contribution in [0.5, 0.6) is 0 Å². The van der Waals surface area contributed by atoms with E-state index in [-0.39, 0.29) is 0 Å². The van der Waals surface area contributed by atoms with E-state index >= 15 is 0 Å². The maximum atomic E-state index is 13.3. The quantitative estimate of drug-likeness (QED) is 0.514. The molecule has 0 bridgehead atoms. The third kappa shape index (κ3) is 2.05. The Balaban J connectivity index is 3.50. The Morgan fingerprint density at radius 1 is 1.12 bits per heavy atom. The van der Waals surface area contributed by atoms with Gasteiger partial charge >= 0.3 is 6.18 Å². The number of hydrogen-bond donors (Lipinski definition) is 0. The van der Waals surface area contributed by atoms with Crippen LogP contribution in [0, 0.1) is 24.4 Å². The van der Waals surface area contributed by atoms with Crippen LogP contribution in [0.4, 0.5) is 26.3 Å². The molecule has 0 atom stereocenters. The fraction of sp³-hybridized carbons (Fsp3) is 0.200. The second kappa shape index (κ2) is 3.84. The van der Waals surface area contributed by atoms with Crippen molar-refractivity contribution in [3.05, 3.63) is 41.2 Å². The number of halogens is 6. The monoisotopic (exact) mass is 240 g/mol. The van der Waals surface area contributed by atoms with Gasteiger partial charge < -0.3 is 0 Å². The van der Waals surface area contributed by atoms with Crippen LogP contribution in [-0.4, -0.2) is 6.18 Å². The minimum Gasteiger partial charge on any atom is -0.206 e. The second-order valence-electron chi connectivity index (χ2n) is 3.15. The summed E-state index contributed by atoms with van der Waals surface area (Å²) in [6.07, 6.45) is -5.01. The van der Waals surface area contributed by atoms with Crippen molar-refractivity contribution in [2.45, 2.75) is 13.1 Å². The van der Waals surface area contributed by atoms with Gasteiger partial charge in [0.25, 0.3) is 0 Å². The molecule has 6 heteroatoms. The molecule has 1 aromatic rings. The lowest BCUT2D eigenvalue weighted by Crippen LogP contribution is -2.14. The Morgan fingerprint density at radius 3 is 2.06 bits per heavy atom. The van der Waals surface area contributed by atoms with Crippen molar-refractivity contribution < 1.29 is 26.3 Å². The maximum absolute atomic E-state index is 13.3. The van der Waals surface area contributed by atoms with Gasteiger partial charge in [0.2, 0.25) is 0 Å². The molecule has 0 amide bonds. The first-order chi connectivity index (χ1) is 7.16. The van der Waals surface area contributed by atoms with Crippen LogP contribution in [0.1, 0.15) is 11.1 Å². The van der Waals surface area contributed by atoms with Gasteiger partial charge in [-0.2, -0.15) is 13.2 Å². The van der Waals surface area contributed by atoms with E-state index in [1.54, 1.807) is 0 Å². The highest BCUT2D eigenvalue weighted by Crippen LogP contribution is 2.36. The normalized spacial score (nSPS) is 11.7. The summed E-state index contributed by atoms with van der Waals surface area (Å²) in [5.74, 6) is -4.88. The standard InChI is InChI=1S/C10H6F6/c1-4-3-6(11)9(13)7(8(4)12)5(2)10(14,15)16/h3H,2H2,1H3. The van der Waals surface area contributed by atoms with Gasteiger partial charge in [-0.05, 0) is 18.6 Å². The van der Waals surface area contributed by atoms with E-state index in [9.17, 15) is 26.3 Å². The Labute approximate surface area is 87.2 Å². The largest absolute Gasteiger partial charge is 0.416 e. The fourth-order valence-electron chi connectivity index (χ4n) is 1.14. The van der Waals surface area contributed by atoms with Gasteiger partial charge in [0.15, 0.2) is 11.6 Å². The smallest absolute Gasteiger partial charge is 0.206 e. The van der Waals surface area contributed by atoms with E-state index in [2.05, 4.69) is 6.58 Å². The number of rotatable bonds is 1. The number of hydrogen-bond acceptors (Lipinski definition) is 0. The molecule has 1 aromatic carbocycles. The molecule has 0 fully saturated rings. The van der Waals surface area contributed by atoms with Crippen molar-refractivity contribution in [1.82, 2.24) is 0 Å². The Kier molecular flexibility index (Phi) is 3.03. The molecule has 0 aliphatic heterocycles. The summed E-state index contributed by atoms with van der Waals surface area (Å²) in [5, 5.41) is 0. The van der Waals surface area contributed by atoms with E-state index in [1.165, 1.54) is 0 Å². The van der Waals surface area contributed by atoms with Crippen LogP contribution in [0.15, 0.2) is 12.6 Å². The van der Waals surface area contributed by atoms with Crippen molar-refractivity contribution in [2.24, 2.45) is 0 Å². The van der Waals surface area contributed by atoms with E-state index < -0.39 is 40.3 Å². The zero-order chi connectivity index (χ0) is 12.7. The molecule has 0 spiro atoms. The predicted octanol–water partition coefficient (Wildman–Crippen LogP) is 3.99. The van der Waals surface area contributed by atoms with Crippen molar-refractivity contribution in [3.8, 4) is 0 Å². The van der Waals surface area contributed by atoms with Gasteiger partial charge in [-0.15, -0.1) is 0 Å². The number of benzene rings is 1. The molecule has 0 heterocycles. The zero-order valence-corrected chi connectivity index (χ0v) is 8.05. The Hall–Kier alpha value is -1.46. The molecule has 0 saturated heterocycles. The molecule has 0 aliphatic carbocycles. The van der Waals surface area contributed by atoms with Gasteiger partial charge in [0.05, 0.1) is 11.1 Å². The molecule has 0 saturated carbocycles. The molecule has 88 valence electrons. The van der Waals surface area contributed by atoms with Crippen LogP contribution < -0.4 is 0 Å². The summed E-state index contributed by atoms with van der Waals surface area (Å²) in [4.78, 5) is 0. The van der Waals surface area contributed by atoms with Gasteiger partial charge in [0, 0.05) is 0 Å². The number of allylic oxidation sites excluding steroid dienone is 1. The third-order valence-corrected chi connectivity index (χ3v) is 1.98. The molecule has 16 heavy (non-hydrogen) atoms. The zero-order valence-electron chi connectivity index (χ0n) is 8.05. The lowest BCUT2D eigenvalue weighted by molar-refractivity contribution is -0.0691. The van der Waals surface area contributed by atoms with Crippen molar-refractivity contribution in [1.29, 1.82) is 0 Å². The van der Waals surface area contributed by atoms with E-state index in [4.69, 9.17) is 0 Å². The molecule has 0 aliphatic rings. The summed E-state index contributed by atoms with van der Waals surface area (Å²) in [7, 11) is 0. The highest BCUT2D eigenvalue weighted by molar-refractivity contribution is 5.69. The van der Waals surface area contributed by atoms with E-state index in [0.29, 0.717) is 6.07 Å². The average Bonchev–Trinajstić information content (AvgIpc) is 2.13. The molecule has 1 rings (SSSR count). The van der Waals surface area contributed by atoms with Crippen molar-refractivity contribution in [3.63, 3.8) is 0 Å². The summed E-state index contributed by atoms with van der Waals surface area (Å²) in [6.45, 7) is 3.56. The van der Waals surface area contributed by atoms with Crippen LogP contribution in [0.3, 0.4) is 0 Å². The van der Waals surface area contributed by atoms with Crippen molar-refractivity contribution in [2.75, 3.05) is 0 Å². The minimum absolute atomic E-state index is 0.417. The SMILES string of the molecule is C=C(c1c(F)c(C)cc(F)c1F)C(F)(F)F. The number of alkyl halides is 3. The minimum atomic E-state index is -5.01. The van der Waals surface area contributed by atoms with Crippen molar-refractivity contribution >= 4 is 5.57 Å². The molecular formula is C10H6F6. The summed E-state index contributed by atoms with van der Waals surface area (Å²) in [5.41, 5.74) is -3.63. The third-order valence-electron chi connectivity index (χ3n) is 1.98. The molecule has 0 N–H and O–H groups in total. The molecule has 0 radical (unpaired) electrons. The van der Waals surface area contributed by atoms with E-state index in [0.717, 1.165) is 6.92 Å². The Bertz CT molecular complexity index is 417.